The molecule has 79 heavy (non-hydrogen) atoms. The van der Waals surface area contributed by atoms with Crippen LogP contribution >= 0.6 is 23.4 Å². The van der Waals surface area contributed by atoms with Crippen LogP contribution in [0.2, 0.25) is 5.02 Å². The molecule has 1 N–H and O–H groups in total. The summed E-state index contributed by atoms with van der Waals surface area (Å²) in [6.45, 7) is 1.63. The Labute approximate surface area is 503 Å². The molecule has 0 bridgehead atoms. The van der Waals surface area contributed by atoms with E-state index < -0.39 is 23.5 Å². The number of aromatic carboxylic acids is 3. The summed E-state index contributed by atoms with van der Waals surface area (Å²) in [5, 5.41) is 36.8. The van der Waals surface area contributed by atoms with Crippen LogP contribution in [-0.2, 0) is 4.84 Å². The summed E-state index contributed by atoms with van der Waals surface area (Å²) in [5.74, 6) is -2.72. The fourth-order valence-corrected chi connectivity index (χ4v) is 7.16. The van der Waals surface area contributed by atoms with Crippen LogP contribution in [0.25, 0.3) is 0 Å². The number of aromatic nitrogens is 8. The minimum absolute atomic E-state index is 0. The minimum atomic E-state index is -1.57. The van der Waals surface area contributed by atoms with Crippen LogP contribution < -0.4 is 121 Å². The van der Waals surface area contributed by atoms with Gasteiger partial charge in [-0.2, -0.15) is 39.9 Å². The Balaban J connectivity index is 0.000000314. The number of oxime groups is 1. The molecule has 0 amide bonds. The predicted molar refractivity (Wildman–Crippen MR) is 264 cm³/mol. The van der Waals surface area contributed by atoms with Gasteiger partial charge in [0.15, 0.2) is 5.16 Å². The summed E-state index contributed by atoms with van der Waals surface area (Å²) >= 11 is 6.91. The summed E-state index contributed by atoms with van der Waals surface area (Å²) in [5.41, 5.74) is 0.121. The van der Waals surface area contributed by atoms with Gasteiger partial charge in [0, 0.05) is 16.0 Å². The Morgan fingerprint density at radius 2 is 0.823 bits per heavy atom. The SMILES string of the molecule is CO/N=C(\C)c1cccc(Oc2nc(OC)cc(OC)n2)c1C(=O)O.COc1cc(OC)nc(Oc2cccc(Oc3nc(OC)cc(OC)n3)c2C(=O)[O-])n1.COc1cc(OC)nc(Sc2cccc(Cl)c2C(=O)[O-])n1.[Na+].[Na+]. The molecule has 27 nitrogen and oxygen atoms in total. The maximum atomic E-state index is 11.9. The molecule has 0 spiro atoms. The van der Waals surface area contributed by atoms with Crippen molar-refractivity contribution in [3.8, 4) is 82.3 Å². The molecular weight excluding hydrogens is 1100 g/mol. The topological polar surface area (TPSA) is 344 Å². The van der Waals surface area contributed by atoms with Crippen molar-refractivity contribution in [3.05, 3.63) is 106 Å². The number of hydrogen-bond donors (Lipinski definition) is 1. The van der Waals surface area contributed by atoms with Crippen molar-refractivity contribution in [1.82, 2.24) is 39.9 Å². The van der Waals surface area contributed by atoms with Crippen molar-refractivity contribution in [2.75, 3.05) is 64.0 Å². The van der Waals surface area contributed by atoms with E-state index in [0.717, 1.165) is 11.8 Å². The van der Waals surface area contributed by atoms with Crippen LogP contribution in [0.5, 0.6) is 82.3 Å². The van der Waals surface area contributed by atoms with E-state index in [0.29, 0.717) is 27.9 Å². The molecular formula is C48H44ClN9Na2O18S. The van der Waals surface area contributed by atoms with E-state index in [4.69, 9.17) is 68.5 Å². The fourth-order valence-electron chi connectivity index (χ4n) is 5.94. The maximum Gasteiger partial charge on any atom is 1.00 e. The van der Waals surface area contributed by atoms with E-state index in [1.54, 1.807) is 31.2 Å². The molecule has 7 aromatic rings. The third kappa shape index (κ3) is 18.5. The molecule has 0 radical (unpaired) electrons. The van der Waals surface area contributed by atoms with E-state index in [1.807, 2.05) is 0 Å². The van der Waals surface area contributed by atoms with Crippen LogP contribution in [0, 0.1) is 0 Å². The van der Waals surface area contributed by atoms with Gasteiger partial charge in [-0.25, -0.2) is 4.79 Å². The second-order valence-corrected chi connectivity index (χ2v) is 15.4. The monoisotopic (exact) mass is 1150 g/mol. The van der Waals surface area contributed by atoms with Gasteiger partial charge in [-0.1, -0.05) is 41.0 Å². The van der Waals surface area contributed by atoms with Gasteiger partial charge >= 0.3 is 83.1 Å². The van der Waals surface area contributed by atoms with Crippen LogP contribution in [-0.4, -0.2) is 133 Å². The standard InChI is InChI=1S/C19H18N4O8.C16H17N3O6.C13H11ClN2O4S.2Na/c1-26-12-8-13(27-2)21-18(20-12)30-10-6-5-7-11(16(10)17(24)25)31-19-22-14(28-3)9-15(23-19)29-4;1-9(19-24-4)10-6-5-7-11(14(10)15(20)21)25-16-17-12(22-2)8-13(18-16)23-3;1-19-9-6-10(20-2)16-13(15-9)21-8-5-3-4-7(14)11(8)12(17)18;;/h5-9H,1-4H3,(H,24,25);5-8H,1-4H3,(H,20,21);3-6H,1-2H3,(H,17,18);;/q;;;2*+1/p-2/b;19-9+;;;. The molecule has 0 aliphatic carbocycles. The zero-order valence-corrected chi connectivity index (χ0v) is 49.8. The summed E-state index contributed by atoms with van der Waals surface area (Å²) in [6.07, 6.45) is 0. The molecule has 4 heterocycles. The predicted octanol–water partition coefficient (Wildman–Crippen LogP) is -0.726. The molecule has 0 atom stereocenters. The van der Waals surface area contributed by atoms with Gasteiger partial charge in [-0.3, -0.25) is 0 Å². The van der Waals surface area contributed by atoms with E-state index in [-0.39, 0.29) is 151 Å². The number of rotatable bonds is 21. The number of carboxylic acid groups (broad SMARTS) is 3. The number of benzene rings is 3. The molecule has 31 heteroatoms. The number of halogens is 1. The van der Waals surface area contributed by atoms with Crippen molar-refractivity contribution >= 4 is 47.0 Å². The Morgan fingerprint density at radius 3 is 1.15 bits per heavy atom. The first-order chi connectivity index (χ1) is 37.0. The summed E-state index contributed by atoms with van der Waals surface area (Å²) < 4.78 is 57.0. The molecule has 404 valence electrons. The van der Waals surface area contributed by atoms with E-state index >= 15 is 0 Å². The number of hydrogen-bond acceptors (Lipinski definition) is 27. The fraction of sp³-hybridized carbons (Fsp3) is 0.208. The summed E-state index contributed by atoms with van der Waals surface area (Å²) in [4.78, 5) is 72.2. The molecule has 0 saturated carbocycles. The van der Waals surface area contributed by atoms with Gasteiger partial charge in [-0.15, -0.1) is 0 Å². The third-order valence-corrected chi connectivity index (χ3v) is 10.6. The van der Waals surface area contributed by atoms with Crippen LogP contribution in [0.3, 0.4) is 0 Å². The van der Waals surface area contributed by atoms with Crippen molar-refractivity contribution < 1.29 is 146 Å². The molecule has 7 rings (SSSR count). The first kappa shape index (κ1) is 65.6. The van der Waals surface area contributed by atoms with Crippen LogP contribution in [0.4, 0.5) is 0 Å². The summed E-state index contributed by atoms with van der Waals surface area (Å²) in [6, 6.07) is 19.0. The van der Waals surface area contributed by atoms with Gasteiger partial charge in [0.2, 0.25) is 47.0 Å². The number of carboxylic acids is 3. The number of nitrogens with zero attached hydrogens (tertiary/aromatic N) is 9. The number of ether oxygens (including phenoxy) is 11. The van der Waals surface area contributed by atoms with Crippen LogP contribution in [0.15, 0.2) is 94.1 Å². The third-order valence-electron chi connectivity index (χ3n) is 9.34. The molecule has 0 aliphatic rings. The number of carbonyl (C=O) groups excluding carboxylic acids is 2. The van der Waals surface area contributed by atoms with E-state index in [1.165, 1.54) is 119 Å². The molecule has 4 aromatic heterocycles. The van der Waals surface area contributed by atoms with Gasteiger partial charge in [0.1, 0.15) is 29.9 Å². The van der Waals surface area contributed by atoms with Crippen molar-refractivity contribution in [2.24, 2.45) is 5.16 Å². The first-order valence-electron chi connectivity index (χ1n) is 21.4. The zero-order chi connectivity index (χ0) is 56.2. The normalized spacial score (nSPS) is 10.2. The molecule has 0 saturated heterocycles. The summed E-state index contributed by atoms with van der Waals surface area (Å²) in [7, 11) is 12.7. The van der Waals surface area contributed by atoms with Crippen molar-refractivity contribution in [1.29, 1.82) is 0 Å². The molecule has 0 unspecified atom stereocenters. The minimum Gasteiger partial charge on any atom is -0.545 e. The largest absolute Gasteiger partial charge is 1.00 e. The number of carbonyl (C=O) groups is 3. The van der Waals surface area contributed by atoms with Gasteiger partial charge in [-0.05, 0) is 49.0 Å². The van der Waals surface area contributed by atoms with Gasteiger partial charge < -0.3 is 81.9 Å². The molecule has 3 aromatic carbocycles. The molecule has 0 aliphatic heterocycles. The van der Waals surface area contributed by atoms with E-state index in [2.05, 4.69) is 45.0 Å². The molecule has 0 fully saturated rings. The smallest absolute Gasteiger partial charge is 0.545 e. The van der Waals surface area contributed by atoms with Crippen molar-refractivity contribution in [3.63, 3.8) is 0 Å². The zero-order valence-electron chi connectivity index (χ0n) is 44.2. The average molecular weight is 1150 g/mol. The quantitative estimate of drug-likeness (QED) is 0.0401. The Hall–Kier alpha value is -7.70. The van der Waals surface area contributed by atoms with Crippen molar-refractivity contribution in [2.45, 2.75) is 17.0 Å². The second-order valence-electron chi connectivity index (χ2n) is 14.0. The Kier molecular flexibility index (Phi) is 26.8. The maximum absolute atomic E-state index is 11.9. The van der Waals surface area contributed by atoms with Gasteiger partial charge in [0.05, 0.1) is 109 Å². The number of methoxy groups -OCH3 is 8. The second kappa shape index (κ2) is 32.3. The van der Waals surface area contributed by atoms with Gasteiger partial charge in [0.25, 0.3) is 0 Å². The average Bonchev–Trinajstić information content (AvgIpc) is 3.43. The first-order valence-corrected chi connectivity index (χ1v) is 22.6. The Bertz CT molecular complexity index is 3100. The van der Waals surface area contributed by atoms with E-state index in [9.17, 15) is 29.7 Å². The van der Waals surface area contributed by atoms with Crippen LogP contribution in [0.1, 0.15) is 43.6 Å². The Morgan fingerprint density at radius 1 is 0.494 bits per heavy atom.